The van der Waals surface area contributed by atoms with E-state index >= 15 is 0 Å². The first kappa shape index (κ1) is 13.8. The van der Waals surface area contributed by atoms with Crippen LogP contribution in [0, 0.1) is 0 Å². The van der Waals surface area contributed by atoms with E-state index in [2.05, 4.69) is 20.3 Å². The quantitative estimate of drug-likeness (QED) is 0.654. The van der Waals surface area contributed by atoms with E-state index in [9.17, 15) is 5.11 Å². The summed E-state index contributed by atoms with van der Waals surface area (Å²) in [4.78, 5) is 14.5. The lowest BCUT2D eigenvalue weighted by Crippen LogP contribution is -2.37. The molecular weight excluding hydrogens is 248 g/mol. The second kappa shape index (κ2) is 6.48. The lowest BCUT2D eigenvalue weighted by Gasteiger charge is -2.26. The number of ether oxygens (including phenoxy) is 1. The molecule has 1 aliphatic heterocycles. The second-order valence-electron chi connectivity index (χ2n) is 4.36. The SMILES string of the molecule is CCC(O)CNc1nc(N)nc(N2CCOCC2)n1. The molecule has 1 atom stereocenters. The van der Waals surface area contributed by atoms with Crippen LogP contribution in [0.3, 0.4) is 0 Å². The minimum atomic E-state index is -0.426. The average Bonchev–Trinajstić information content (AvgIpc) is 2.45. The molecule has 2 rings (SSSR count). The van der Waals surface area contributed by atoms with Gasteiger partial charge in [0.1, 0.15) is 0 Å². The lowest BCUT2D eigenvalue weighted by atomic mass is 10.3. The molecule has 2 heterocycles. The van der Waals surface area contributed by atoms with E-state index in [0.29, 0.717) is 38.1 Å². The Morgan fingerprint density at radius 3 is 2.79 bits per heavy atom. The van der Waals surface area contributed by atoms with Crippen molar-refractivity contribution in [3.63, 3.8) is 0 Å². The Balaban J connectivity index is 2.05. The molecule has 0 saturated carbocycles. The Labute approximate surface area is 112 Å². The van der Waals surface area contributed by atoms with Crippen LogP contribution in [0.15, 0.2) is 0 Å². The van der Waals surface area contributed by atoms with Gasteiger partial charge in [-0.3, -0.25) is 0 Å². The number of hydrogen-bond acceptors (Lipinski definition) is 8. The number of aliphatic hydroxyl groups excluding tert-OH is 1. The van der Waals surface area contributed by atoms with Gasteiger partial charge in [0.2, 0.25) is 17.8 Å². The van der Waals surface area contributed by atoms with Gasteiger partial charge in [0.15, 0.2) is 0 Å². The van der Waals surface area contributed by atoms with Crippen LogP contribution < -0.4 is 16.0 Å². The summed E-state index contributed by atoms with van der Waals surface area (Å²) in [7, 11) is 0. The van der Waals surface area contributed by atoms with Gasteiger partial charge < -0.3 is 25.8 Å². The van der Waals surface area contributed by atoms with Gasteiger partial charge in [-0.05, 0) is 6.42 Å². The Hall–Kier alpha value is -1.67. The van der Waals surface area contributed by atoms with Crippen LogP contribution >= 0.6 is 0 Å². The molecule has 1 aromatic heterocycles. The highest BCUT2D eigenvalue weighted by molar-refractivity contribution is 5.42. The van der Waals surface area contributed by atoms with Crippen LogP contribution in [0.25, 0.3) is 0 Å². The van der Waals surface area contributed by atoms with Crippen molar-refractivity contribution < 1.29 is 9.84 Å². The van der Waals surface area contributed by atoms with Gasteiger partial charge in [0.25, 0.3) is 0 Å². The van der Waals surface area contributed by atoms with E-state index in [1.54, 1.807) is 0 Å². The molecule has 1 aromatic rings. The number of aliphatic hydroxyl groups is 1. The molecule has 0 aromatic carbocycles. The van der Waals surface area contributed by atoms with E-state index in [1.165, 1.54) is 0 Å². The molecule has 1 fully saturated rings. The Bertz CT molecular complexity index is 410. The van der Waals surface area contributed by atoms with Crippen molar-refractivity contribution in [2.75, 3.05) is 48.8 Å². The molecule has 1 saturated heterocycles. The van der Waals surface area contributed by atoms with Crippen LogP contribution in [0.2, 0.25) is 0 Å². The summed E-state index contributed by atoms with van der Waals surface area (Å²) in [6.07, 6.45) is 0.244. The van der Waals surface area contributed by atoms with Crippen molar-refractivity contribution in [2.24, 2.45) is 0 Å². The average molecular weight is 268 g/mol. The number of nitrogens with zero attached hydrogens (tertiary/aromatic N) is 4. The fraction of sp³-hybridized carbons (Fsp3) is 0.727. The molecule has 0 aliphatic carbocycles. The van der Waals surface area contributed by atoms with E-state index in [1.807, 2.05) is 11.8 Å². The number of nitrogen functional groups attached to an aromatic ring is 1. The summed E-state index contributed by atoms with van der Waals surface area (Å²) < 4.78 is 5.28. The predicted octanol–water partition coefficient (Wildman–Crippen LogP) is -0.527. The number of aromatic nitrogens is 3. The first-order valence-electron chi connectivity index (χ1n) is 6.45. The normalized spacial score (nSPS) is 17.3. The molecule has 0 bridgehead atoms. The van der Waals surface area contributed by atoms with Gasteiger partial charge in [-0.2, -0.15) is 15.0 Å². The fourth-order valence-electron chi connectivity index (χ4n) is 1.72. The van der Waals surface area contributed by atoms with Crippen LogP contribution in [0.4, 0.5) is 17.8 Å². The third-order valence-corrected chi connectivity index (χ3v) is 2.90. The standard InChI is InChI=1S/C11H20N6O2/c1-2-8(18)7-13-10-14-9(12)15-11(16-10)17-3-5-19-6-4-17/h8,18H,2-7H2,1H3,(H3,12,13,14,15,16). The lowest BCUT2D eigenvalue weighted by molar-refractivity contribution is 0.122. The van der Waals surface area contributed by atoms with Crippen LogP contribution in [-0.4, -0.2) is 59.0 Å². The van der Waals surface area contributed by atoms with E-state index in [0.717, 1.165) is 13.1 Å². The van der Waals surface area contributed by atoms with Crippen molar-refractivity contribution in [2.45, 2.75) is 19.4 Å². The van der Waals surface area contributed by atoms with Gasteiger partial charge in [0.05, 0.1) is 19.3 Å². The van der Waals surface area contributed by atoms with Crippen molar-refractivity contribution in [1.82, 2.24) is 15.0 Å². The number of nitrogens with one attached hydrogen (secondary N) is 1. The second-order valence-corrected chi connectivity index (χ2v) is 4.36. The van der Waals surface area contributed by atoms with Gasteiger partial charge in [-0.1, -0.05) is 6.92 Å². The predicted molar refractivity (Wildman–Crippen MR) is 72.1 cm³/mol. The molecule has 0 radical (unpaired) electrons. The summed E-state index contributed by atoms with van der Waals surface area (Å²) in [6, 6.07) is 0. The van der Waals surface area contributed by atoms with Crippen LogP contribution in [0.5, 0.6) is 0 Å². The highest BCUT2D eigenvalue weighted by Crippen LogP contribution is 2.13. The monoisotopic (exact) mass is 268 g/mol. The Morgan fingerprint density at radius 2 is 2.11 bits per heavy atom. The van der Waals surface area contributed by atoms with Crippen molar-refractivity contribution in [3.8, 4) is 0 Å². The number of nitrogens with two attached hydrogens (primary N) is 1. The van der Waals surface area contributed by atoms with Gasteiger partial charge >= 0.3 is 0 Å². The summed E-state index contributed by atoms with van der Waals surface area (Å²) in [5.41, 5.74) is 5.68. The van der Waals surface area contributed by atoms with Crippen LogP contribution in [0.1, 0.15) is 13.3 Å². The third-order valence-electron chi connectivity index (χ3n) is 2.90. The van der Waals surface area contributed by atoms with Crippen LogP contribution in [-0.2, 0) is 4.74 Å². The zero-order chi connectivity index (χ0) is 13.7. The first-order chi connectivity index (χ1) is 9.19. The maximum absolute atomic E-state index is 9.51. The third kappa shape index (κ3) is 3.90. The molecule has 4 N–H and O–H groups in total. The molecule has 8 nitrogen and oxygen atoms in total. The van der Waals surface area contributed by atoms with E-state index in [-0.39, 0.29) is 5.95 Å². The summed E-state index contributed by atoms with van der Waals surface area (Å²) in [5.74, 6) is 1.11. The number of rotatable bonds is 5. The molecule has 0 amide bonds. The van der Waals surface area contributed by atoms with Gasteiger partial charge in [-0.25, -0.2) is 0 Å². The summed E-state index contributed by atoms with van der Waals surface area (Å²) >= 11 is 0. The van der Waals surface area contributed by atoms with E-state index < -0.39 is 6.10 Å². The molecule has 19 heavy (non-hydrogen) atoms. The maximum atomic E-state index is 9.51. The molecule has 1 unspecified atom stereocenters. The Morgan fingerprint density at radius 1 is 1.37 bits per heavy atom. The topological polar surface area (TPSA) is 109 Å². The van der Waals surface area contributed by atoms with E-state index in [4.69, 9.17) is 10.5 Å². The molecule has 8 heteroatoms. The van der Waals surface area contributed by atoms with Gasteiger partial charge in [0, 0.05) is 19.6 Å². The number of anilines is 3. The zero-order valence-corrected chi connectivity index (χ0v) is 11.0. The number of hydrogen-bond donors (Lipinski definition) is 3. The number of morpholine rings is 1. The molecule has 1 aliphatic rings. The minimum absolute atomic E-state index is 0.171. The van der Waals surface area contributed by atoms with Gasteiger partial charge in [-0.15, -0.1) is 0 Å². The first-order valence-corrected chi connectivity index (χ1v) is 6.45. The largest absolute Gasteiger partial charge is 0.391 e. The molecule has 106 valence electrons. The molecular formula is C11H20N6O2. The summed E-state index contributed by atoms with van der Waals surface area (Å²) in [6.45, 7) is 5.09. The maximum Gasteiger partial charge on any atom is 0.232 e. The van der Waals surface area contributed by atoms with Crippen molar-refractivity contribution in [3.05, 3.63) is 0 Å². The minimum Gasteiger partial charge on any atom is -0.391 e. The van der Waals surface area contributed by atoms with Crippen molar-refractivity contribution in [1.29, 1.82) is 0 Å². The highest BCUT2D eigenvalue weighted by Gasteiger charge is 2.16. The highest BCUT2D eigenvalue weighted by atomic mass is 16.5. The smallest absolute Gasteiger partial charge is 0.232 e. The Kier molecular flexibility index (Phi) is 4.69. The fourth-order valence-corrected chi connectivity index (χ4v) is 1.72. The van der Waals surface area contributed by atoms with Crippen molar-refractivity contribution >= 4 is 17.8 Å². The molecule has 0 spiro atoms. The zero-order valence-electron chi connectivity index (χ0n) is 11.0. The summed E-state index contributed by atoms with van der Waals surface area (Å²) in [5, 5.41) is 12.5.